The summed E-state index contributed by atoms with van der Waals surface area (Å²) < 4.78 is 0. The minimum absolute atomic E-state index is 0.644. The molecule has 3 nitrogen and oxygen atoms in total. The Kier molecular flexibility index (Phi) is 6.80. The quantitative estimate of drug-likeness (QED) is 0.194. The number of rotatable bonds is 5. The predicted molar refractivity (Wildman–Crippen MR) is 200 cm³/mol. The second-order valence-electron chi connectivity index (χ2n) is 12.1. The topological polar surface area (TPSA) is 38.7 Å². The molecule has 0 amide bonds. The van der Waals surface area contributed by atoms with Crippen molar-refractivity contribution in [2.45, 2.75) is 0 Å². The summed E-state index contributed by atoms with van der Waals surface area (Å²) in [5.74, 6) is 1.94. The molecule has 48 heavy (non-hydrogen) atoms. The Hall–Kier alpha value is -6.45. The Bertz CT molecular complexity index is 2600. The molecule has 0 bridgehead atoms. The van der Waals surface area contributed by atoms with Gasteiger partial charge in [-0.1, -0.05) is 152 Å². The van der Waals surface area contributed by atoms with E-state index in [4.69, 9.17) is 15.0 Å². The fourth-order valence-corrected chi connectivity index (χ4v) is 6.67. The Morgan fingerprint density at radius 1 is 0.250 bits per heavy atom. The zero-order valence-electron chi connectivity index (χ0n) is 26.1. The van der Waals surface area contributed by atoms with Crippen molar-refractivity contribution in [1.82, 2.24) is 15.0 Å². The van der Waals surface area contributed by atoms with Crippen LogP contribution in [0.15, 0.2) is 176 Å². The lowest BCUT2D eigenvalue weighted by atomic mass is 9.92. The lowest BCUT2D eigenvalue weighted by molar-refractivity contribution is 1.08. The molecule has 0 saturated heterocycles. The molecule has 0 unspecified atom stereocenters. The van der Waals surface area contributed by atoms with Crippen molar-refractivity contribution in [3.05, 3.63) is 176 Å². The molecule has 0 spiro atoms. The minimum atomic E-state index is 0.644. The monoisotopic (exact) mass is 611 g/mol. The molecule has 0 atom stereocenters. The molecule has 224 valence electrons. The van der Waals surface area contributed by atoms with E-state index in [1.165, 1.54) is 38.2 Å². The number of fused-ring (bicyclic) bond motifs is 3. The molecule has 0 aliphatic carbocycles. The Morgan fingerprint density at radius 2 is 0.750 bits per heavy atom. The van der Waals surface area contributed by atoms with Gasteiger partial charge in [0.25, 0.3) is 0 Å². The van der Waals surface area contributed by atoms with Crippen LogP contribution in [0, 0.1) is 0 Å². The lowest BCUT2D eigenvalue weighted by Crippen LogP contribution is -2.00. The Morgan fingerprint density at radius 3 is 1.48 bits per heavy atom. The van der Waals surface area contributed by atoms with E-state index in [2.05, 4.69) is 152 Å². The van der Waals surface area contributed by atoms with Crippen LogP contribution in [-0.4, -0.2) is 15.0 Å². The average Bonchev–Trinajstić information content (AvgIpc) is 3.17. The van der Waals surface area contributed by atoms with Crippen molar-refractivity contribution in [2.75, 3.05) is 0 Å². The summed E-state index contributed by atoms with van der Waals surface area (Å²) in [6.45, 7) is 0. The normalized spacial score (nSPS) is 11.3. The summed E-state index contributed by atoms with van der Waals surface area (Å²) in [6, 6.07) is 61.8. The highest BCUT2D eigenvalue weighted by Crippen LogP contribution is 2.38. The number of hydrogen-bond donors (Lipinski definition) is 0. The van der Waals surface area contributed by atoms with Crippen LogP contribution in [-0.2, 0) is 0 Å². The van der Waals surface area contributed by atoms with Crippen LogP contribution in [0.2, 0.25) is 0 Å². The molecule has 1 heterocycles. The van der Waals surface area contributed by atoms with Gasteiger partial charge in [0.1, 0.15) is 0 Å². The van der Waals surface area contributed by atoms with Gasteiger partial charge in [-0.15, -0.1) is 0 Å². The first kappa shape index (κ1) is 27.8. The third-order valence-electron chi connectivity index (χ3n) is 9.07. The summed E-state index contributed by atoms with van der Waals surface area (Å²) in [7, 11) is 0. The molecule has 0 fully saturated rings. The summed E-state index contributed by atoms with van der Waals surface area (Å²) in [5, 5.41) is 7.08. The van der Waals surface area contributed by atoms with Gasteiger partial charge < -0.3 is 0 Å². The third-order valence-corrected chi connectivity index (χ3v) is 9.07. The summed E-state index contributed by atoms with van der Waals surface area (Å²) in [6.07, 6.45) is 0. The molecule has 0 aliphatic heterocycles. The summed E-state index contributed by atoms with van der Waals surface area (Å²) in [5.41, 5.74) is 7.60. The van der Waals surface area contributed by atoms with E-state index >= 15 is 0 Å². The molecule has 0 N–H and O–H groups in total. The zero-order chi connectivity index (χ0) is 31.9. The summed E-state index contributed by atoms with van der Waals surface area (Å²) in [4.78, 5) is 15.3. The van der Waals surface area contributed by atoms with Crippen LogP contribution in [0.1, 0.15) is 0 Å². The van der Waals surface area contributed by atoms with Crippen LogP contribution < -0.4 is 0 Å². The van der Waals surface area contributed by atoms with Crippen LogP contribution in [0.25, 0.3) is 88.7 Å². The fraction of sp³-hybridized carbons (Fsp3) is 0. The molecular weight excluding hydrogens is 583 g/mol. The molecule has 8 aromatic carbocycles. The summed E-state index contributed by atoms with van der Waals surface area (Å²) >= 11 is 0. The van der Waals surface area contributed by atoms with Gasteiger partial charge in [0.15, 0.2) is 17.5 Å². The third kappa shape index (κ3) is 5.08. The van der Waals surface area contributed by atoms with Gasteiger partial charge in [0.2, 0.25) is 0 Å². The van der Waals surface area contributed by atoms with Gasteiger partial charge in [-0.2, -0.15) is 0 Å². The first-order valence-corrected chi connectivity index (χ1v) is 16.2. The van der Waals surface area contributed by atoms with E-state index < -0.39 is 0 Å². The van der Waals surface area contributed by atoms with Crippen LogP contribution in [0.4, 0.5) is 0 Å². The Labute approximate surface area is 278 Å². The van der Waals surface area contributed by atoms with Gasteiger partial charge in [-0.05, 0) is 78.8 Å². The average molecular weight is 612 g/mol. The second kappa shape index (κ2) is 11.7. The highest BCUT2D eigenvalue weighted by Gasteiger charge is 2.16. The van der Waals surface area contributed by atoms with E-state index in [0.29, 0.717) is 17.5 Å². The fourth-order valence-electron chi connectivity index (χ4n) is 6.67. The van der Waals surface area contributed by atoms with Crippen LogP contribution in [0.3, 0.4) is 0 Å². The number of hydrogen-bond acceptors (Lipinski definition) is 3. The van der Waals surface area contributed by atoms with Crippen molar-refractivity contribution >= 4 is 32.3 Å². The van der Waals surface area contributed by atoms with Crippen molar-refractivity contribution in [2.24, 2.45) is 0 Å². The van der Waals surface area contributed by atoms with Gasteiger partial charge in [-0.25, -0.2) is 15.0 Å². The Balaban J connectivity index is 1.23. The molecule has 0 saturated carbocycles. The first-order chi connectivity index (χ1) is 23.8. The molecule has 0 aliphatic rings. The maximum absolute atomic E-state index is 5.15. The molecule has 3 heteroatoms. The van der Waals surface area contributed by atoms with Gasteiger partial charge >= 0.3 is 0 Å². The highest BCUT2D eigenvalue weighted by atomic mass is 15.0. The van der Waals surface area contributed by atoms with E-state index in [0.717, 1.165) is 33.0 Å². The van der Waals surface area contributed by atoms with E-state index in [1.54, 1.807) is 0 Å². The number of benzene rings is 8. The number of nitrogens with zero attached hydrogens (tertiary/aromatic N) is 3. The molecule has 0 radical (unpaired) electrons. The standard InChI is InChI=1S/C45H29N3/c1-3-12-30(13-4-1)33-22-23-35-27-37(25-24-34(35)26-33)44-46-43(32-15-5-2-6-16-32)47-45(48-44)38-28-36-17-8-10-20-40(36)42(29-38)41-21-11-18-31-14-7-9-19-39(31)41/h1-29H. The van der Waals surface area contributed by atoms with Gasteiger partial charge in [0, 0.05) is 16.7 Å². The molecule has 9 aromatic rings. The van der Waals surface area contributed by atoms with Crippen molar-refractivity contribution in [3.63, 3.8) is 0 Å². The number of aromatic nitrogens is 3. The lowest BCUT2D eigenvalue weighted by Gasteiger charge is -2.14. The van der Waals surface area contributed by atoms with Gasteiger partial charge in [-0.3, -0.25) is 0 Å². The van der Waals surface area contributed by atoms with E-state index in [-0.39, 0.29) is 0 Å². The van der Waals surface area contributed by atoms with Crippen molar-refractivity contribution in [3.8, 4) is 56.4 Å². The maximum atomic E-state index is 5.15. The van der Waals surface area contributed by atoms with Crippen LogP contribution in [0.5, 0.6) is 0 Å². The largest absolute Gasteiger partial charge is 0.208 e. The zero-order valence-corrected chi connectivity index (χ0v) is 26.1. The van der Waals surface area contributed by atoms with Crippen molar-refractivity contribution < 1.29 is 0 Å². The van der Waals surface area contributed by atoms with E-state index in [1.807, 2.05) is 24.3 Å². The SMILES string of the molecule is c1ccc(-c2ccc3cc(-c4nc(-c5ccccc5)nc(-c5cc(-c6cccc7ccccc67)c6ccccc6c5)n4)ccc3c2)cc1. The second-order valence-corrected chi connectivity index (χ2v) is 12.1. The highest BCUT2D eigenvalue weighted by molar-refractivity contribution is 6.07. The van der Waals surface area contributed by atoms with Gasteiger partial charge in [0.05, 0.1) is 0 Å². The van der Waals surface area contributed by atoms with Crippen LogP contribution >= 0.6 is 0 Å². The maximum Gasteiger partial charge on any atom is 0.164 e. The van der Waals surface area contributed by atoms with E-state index in [9.17, 15) is 0 Å². The molecule has 9 rings (SSSR count). The minimum Gasteiger partial charge on any atom is -0.208 e. The molecular formula is C45H29N3. The smallest absolute Gasteiger partial charge is 0.164 e. The predicted octanol–water partition coefficient (Wildman–Crippen LogP) is 11.7. The van der Waals surface area contributed by atoms with Crippen molar-refractivity contribution in [1.29, 1.82) is 0 Å². The molecule has 1 aromatic heterocycles. The first-order valence-electron chi connectivity index (χ1n) is 16.2.